The number of amides is 1. The van der Waals surface area contributed by atoms with Crippen LogP contribution >= 0.6 is 0 Å². The molecule has 32 heavy (non-hydrogen) atoms. The molecule has 4 saturated carbocycles. The predicted molar refractivity (Wildman–Crippen MR) is 117 cm³/mol. The van der Waals surface area contributed by atoms with Gasteiger partial charge in [-0.15, -0.1) is 0 Å². The molecule has 0 unspecified atom stereocenters. The molecule has 2 spiro atoms. The summed E-state index contributed by atoms with van der Waals surface area (Å²) in [4.78, 5) is 15.7. The minimum atomic E-state index is -0.532. The quantitative estimate of drug-likeness (QED) is 0.721. The lowest BCUT2D eigenvalue weighted by Crippen LogP contribution is -2.85. The summed E-state index contributed by atoms with van der Waals surface area (Å²) in [5, 5.41) is 0. The number of carbonyl (C=O) groups is 1. The summed E-state index contributed by atoms with van der Waals surface area (Å²) in [6.45, 7) is 3.01. The summed E-state index contributed by atoms with van der Waals surface area (Å²) in [6.07, 6.45) is 6.58. The lowest BCUT2D eigenvalue weighted by molar-refractivity contribution is -0.328. The minimum absolute atomic E-state index is 0.0733. The first-order valence-electron chi connectivity index (χ1n) is 12.2. The van der Waals surface area contributed by atoms with Gasteiger partial charge in [0.05, 0.1) is 12.7 Å². The van der Waals surface area contributed by atoms with Crippen molar-refractivity contribution in [2.75, 3.05) is 27.9 Å². The SMILES string of the molecule is COc1ccc2c3c1O[C@H]1[C@@]4(OC)CC[C@@]5(C[C@@]4(C)OC)[C@@H](C2)N(C(=O)C2CC2)CC[C@]315. The maximum atomic E-state index is 13.5. The molecule has 8 rings (SSSR count). The van der Waals surface area contributed by atoms with Crippen molar-refractivity contribution in [1.82, 2.24) is 4.90 Å². The van der Waals surface area contributed by atoms with Gasteiger partial charge in [0.15, 0.2) is 11.5 Å². The van der Waals surface area contributed by atoms with Gasteiger partial charge in [-0.2, -0.15) is 0 Å². The molecule has 1 aromatic carbocycles. The van der Waals surface area contributed by atoms with E-state index < -0.39 is 11.2 Å². The van der Waals surface area contributed by atoms with Crippen LogP contribution in [0.4, 0.5) is 0 Å². The summed E-state index contributed by atoms with van der Waals surface area (Å²) in [7, 11) is 5.35. The minimum Gasteiger partial charge on any atom is -0.493 e. The Labute approximate surface area is 189 Å². The van der Waals surface area contributed by atoms with Gasteiger partial charge in [-0.05, 0) is 63.5 Å². The van der Waals surface area contributed by atoms with Crippen molar-refractivity contribution >= 4 is 5.91 Å². The number of ether oxygens (including phenoxy) is 4. The third-order valence-corrected chi connectivity index (χ3v) is 10.6. The monoisotopic (exact) mass is 439 g/mol. The molecule has 2 aliphatic heterocycles. The van der Waals surface area contributed by atoms with Crippen molar-refractivity contribution in [3.63, 3.8) is 0 Å². The molecule has 2 heterocycles. The number of nitrogens with zero attached hydrogens (tertiary/aromatic N) is 1. The van der Waals surface area contributed by atoms with Crippen molar-refractivity contribution in [2.24, 2.45) is 11.3 Å². The van der Waals surface area contributed by atoms with Crippen molar-refractivity contribution < 1.29 is 23.7 Å². The van der Waals surface area contributed by atoms with Crippen LogP contribution in [0, 0.1) is 11.3 Å². The molecule has 1 saturated heterocycles. The van der Waals surface area contributed by atoms with Gasteiger partial charge < -0.3 is 23.8 Å². The van der Waals surface area contributed by atoms with E-state index in [1.807, 2.05) is 20.3 Å². The fraction of sp³-hybridized carbons (Fsp3) is 0.731. The lowest BCUT2D eigenvalue weighted by atomic mass is 9.34. The third kappa shape index (κ3) is 1.82. The van der Waals surface area contributed by atoms with Crippen LogP contribution in [0.15, 0.2) is 12.1 Å². The van der Waals surface area contributed by atoms with Gasteiger partial charge >= 0.3 is 0 Å². The number of benzene rings is 1. The highest BCUT2D eigenvalue weighted by Crippen LogP contribution is 2.77. The zero-order valence-electron chi connectivity index (χ0n) is 19.5. The Morgan fingerprint density at radius 3 is 2.62 bits per heavy atom. The summed E-state index contributed by atoms with van der Waals surface area (Å²) >= 11 is 0. The normalized spacial score (nSPS) is 44.8. The Hall–Kier alpha value is -1.79. The second-order valence-electron chi connectivity index (χ2n) is 11.2. The summed E-state index contributed by atoms with van der Waals surface area (Å²) in [5.74, 6) is 2.33. The van der Waals surface area contributed by atoms with Crippen molar-refractivity contribution in [1.29, 1.82) is 0 Å². The molecule has 6 atom stereocenters. The van der Waals surface area contributed by atoms with E-state index in [-0.39, 0.29) is 28.9 Å². The molecule has 6 heteroatoms. The first-order chi connectivity index (χ1) is 15.4. The predicted octanol–water partition coefficient (Wildman–Crippen LogP) is 3.24. The van der Waals surface area contributed by atoms with Gasteiger partial charge in [-0.25, -0.2) is 0 Å². The molecule has 172 valence electrons. The highest BCUT2D eigenvalue weighted by Gasteiger charge is 2.84. The number of carbonyl (C=O) groups excluding carboxylic acids is 1. The number of likely N-dealkylation sites (tertiary alicyclic amines) is 1. The van der Waals surface area contributed by atoms with Crippen molar-refractivity contribution in [3.8, 4) is 11.5 Å². The molecule has 1 amide bonds. The van der Waals surface area contributed by atoms with E-state index in [1.54, 1.807) is 7.11 Å². The zero-order valence-corrected chi connectivity index (χ0v) is 19.5. The van der Waals surface area contributed by atoms with E-state index in [0.717, 1.165) is 63.0 Å². The van der Waals surface area contributed by atoms with E-state index in [2.05, 4.69) is 17.9 Å². The van der Waals surface area contributed by atoms with Crippen LogP contribution in [0.25, 0.3) is 0 Å². The maximum absolute atomic E-state index is 13.5. The van der Waals surface area contributed by atoms with Gasteiger partial charge in [0, 0.05) is 49.1 Å². The van der Waals surface area contributed by atoms with Gasteiger partial charge in [0.2, 0.25) is 5.91 Å². The molecular weight excluding hydrogens is 406 g/mol. The van der Waals surface area contributed by atoms with Gasteiger partial charge in [0.1, 0.15) is 11.7 Å². The summed E-state index contributed by atoms with van der Waals surface area (Å²) in [6, 6.07) is 4.44. The molecule has 4 bridgehead atoms. The molecule has 0 aromatic heterocycles. The molecule has 1 aromatic rings. The smallest absolute Gasteiger partial charge is 0.225 e. The number of hydrogen-bond acceptors (Lipinski definition) is 5. The molecule has 5 aliphatic carbocycles. The molecule has 7 aliphatic rings. The highest BCUT2D eigenvalue weighted by atomic mass is 16.6. The van der Waals surface area contributed by atoms with Crippen LogP contribution in [0.3, 0.4) is 0 Å². The number of methoxy groups -OCH3 is 3. The number of fused-ring (bicyclic) bond motifs is 2. The average Bonchev–Trinajstić information content (AvgIpc) is 3.58. The average molecular weight is 440 g/mol. The topological polar surface area (TPSA) is 57.2 Å². The van der Waals surface area contributed by atoms with Crippen LogP contribution in [-0.4, -0.2) is 62.0 Å². The largest absolute Gasteiger partial charge is 0.493 e. The number of hydrogen-bond donors (Lipinski definition) is 0. The lowest BCUT2D eigenvalue weighted by Gasteiger charge is -2.75. The fourth-order valence-electron chi connectivity index (χ4n) is 9.05. The molecule has 6 nitrogen and oxygen atoms in total. The Morgan fingerprint density at radius 1 is 1.12 bits per heavy atom. The number of piperidine rings is 1. The van der Waals surface area contributed by atoms with E-state index >= 15 is 0 Å². The zero-order chi connectivity index (χ0) is 22.1. The molecule has 0 N–H and O–H groups in total. The third-order valence-electron chi connectivity index (χ3n) is 10.6. The Balaban J connectivity index is 1.51. The van der Waals surface area contributed by atoms with Gasteiger partial charge in [-0.1, -0.05) is 6.07 Å². The van der Waals surface area contributed by atoms with Crippen molar-refractivity contribution in [3.05, 3.63) is 23.3 Å². The molecular formula is C26H33NO5. The van der Waals surface area contributed by atoms with Crippen LogP contribution < -0.4 is 9.47 Å². The van der Waals surface area contributed by atoms with Gasteiger partial charge in [0.25, 0.3) is 0 Å². The first kappa shape index (κ1) is 19.7. The van der Waals surface area contributed by atoms with E-state index in [1.165, 1.54) is 11.1 Å². The Bertz CT molecular complexity index is 1040. The highest BCUT2D eigenvalue weighted by molar-refractivity contribution is 5.82. The first-order valence-corrected chi connectivity index (χ1v) is 12.2. The van der Waals surface area contributed by atoms with E-state index in [4.69, 9.17) is 18.9 Å². The Morgan fingerprint density at radius 2 is 1.94 bits per heavy atom. The summed E-state index contributed by atoms with van der Waals surface area (Å²) < 4.78 is 25.5. The second kappa shape index (κ2) is 5.82. The second-order valence-corrected chi connectivity index (χ2v) is 11.2. The van der Waals surface area contributed by atoms with Crippen molar-refractivity contribution in [2.45, 2.75) is 80.6 Å². The summed E-state index contributed by atoms with van der Waals surface area (Å²) in [5.41, 5.74) is 1.42. The number of rotatable bonds is 4. The molecule has 0 radical (unpaired) electrons. The van der Waals surface area contributed by atoms with Crippen LogP contribution in [0.2, 0.25) is 0 Å². The van der Waals surface area contributed by atoms with Crippen LogP contribution in [0.1, 0.15) is 56.6 Å². The maximum Gasteiger partial charge on any atom is 0.225 e. The van der Waals surface area contributed by atoms with E-state index in [9.17, 15) is 4.79 Å². The standard InChI is InChI=1S/C26H33NO5/c1-23(30-3)14-24-9-10-26(23,31-4)22-25(24)11-12-27(21(28)15-5-6-15)18(24)13-16-7-8-17(29-2)20(32-22)19(16)25/h7-8,15,18,22H,5-6,9-14H2,1-4H3/t18-,22-,23-,24-,25+,26+/m1/s1. The fourth-order valence-corrected chi connectivity index (χ4v) is 9.05. The Kier molecular flexibility index (Phi) is 3.57. The van der Waals surface area contributed by atoms with E-state index in [0.29, 0.717) is 5.91 Å². The molecule has 5 fully saturated rings. The van der Waals surface area contributed by atoms with Crippen LogP contribution in [-0.2, 0) is 26.1 Å². The van der Waals surface area contributed by atoms with Gasteiger partial charge in [-0.3, -0.25) is 4.79 Å². The van der Waals surface area contributed by atoms with Crippen LogP contribution in [0.5, 0.6) is 11.5 Å².